The molecule has 21 heavy (non-hydrogen) atoms. The number of carbonyl (C=O) groups excluding carboxylic acids is 1. The van der Waals surface area contributed by atoms with Gasteiger partial charge < -0.3 is 0 Å². The van der Waals surface area contributed by atoms with E-state index < -0.39 is 25.3 Å². The van der Waals surface area contributed by atoms with Gasteiger partial charge in [0.15, 0.2) is 0 Å². The lowest BCUT2D eigenvalue weighted by Crippen LogP contribution is -2.05. The van der Waals surface area contributed by atoms with Gasteiger partial charge in [0.2, 0.25) is 15.9 Å². The molecule has 2 aromatic rings. The van der Waals surface area contributed by atoms with E-state index in [0.29, 0.717) is 0 Å². The minimum atomic E-state index is -4.03. The highest BCUT2D eigenvalue weighted by Gasteiger charge is 2.27. The average molecular weight is 304 g/mol. The van der Waals surface area contributed by atoms with Gasteiger partial charge in [0, 0.05) is 6.07 Å². The van der Waals surface area contributed by atoms with Gasteiger partial charge in [0.25, 0.3) is 5.69 Å². The second-order valence-corrected chi connectivity index (χ2v) is 5.85. The highest BCUT2D eigenvalue weighted by molar-refractivity contribution is 7.91. The molecule has 0 radical (unpaired) electrons. The Kier molecular flexibility index (Phi) is 3.93. The molecule has 0 atom stereocenters. The van der Waals surface area contributed by atoms with E-state index in [4.69, 9.17) is 0 Å². The number of nitro benzene ring substituents is 1. The van der Waals surface area contributed by atoms with Crippen molar-refractivity contribution in [1.82, 2.24) is 0 Å². The number of isocyanates is 1. The Hall–Kier alpha value is -2.83. The number of aliphatic imine (C=N–C) groups is 1. The maximum Gasteiger partial charge on any atom is 0.290 e. The van der Waals surface area contributed by atoms with Crippen LogP contribution in [0.4, 0.5) is 11.4 Å². The Bertz CT molecular complexity index is 840. The molecular weight excluding hydrogens is 296 g/mol. The number of nitrogens with zero attached hydrogens (tertiary/aromatic N) is 2. The zero-order valence-corrected chi connectivity index (χ0v) is 11.3. The zero-order valence-electron chi connectivity index (χ0n) is 10.5. The van der Waals surface area contributed by atoms with Gasteiger partial charge in [0.1, 0.15) is 4.90 Å². The summed E-state index contributed by atoms with van der Waals surface area (Å²) in [5.74, 6) is 0. The Morgan fingerprint density at radius 3 is 2.33 bits per heavy atom. The van der Waals surface area contributed by atoms with E-state index in [1.807, 2.05) is 0 Å². The molecule has 0 aliphatic heterocycles. The summed E-state index contributed by atoms with van der Waals surface area (Å²) in [6, 6.07) is 10.5. The van der Waals surface area contributed by atoms with Crippen molar-refractivity contribution in [2.75, 3.05) is 0 Å². The molecule has 2 rings (SSSR count). The third-order valence-corrected chi connectivity index (χ3v) is 4.47. The van der Waals surface area contributed by atoms with Gasteiger partial charge in [0.05, 0.1) is 15.5 Å². The maximum atomic E-state index is 12.4. The van der Waals surface area contributed by atoms with Crippen molar-refractivity contribution in [3.05, 3.63) is 58.6 Å². The van der Waals surface area contributed by atoms with E-state index in [1.165, 1.54) is 36.4 Å². The molecule has 106 valence electrons. The van der Waals surface area contributed by atoms with E-state index >= 15 is 0 Å². The first-order valence-corrected chi connectivity index (χ1v) is 7.11. The third-order valence-electron chi connectivity index (χ3n) is 2.66. The fourth-order valence-electron chi connectivity index (χ4n) is 1.72. The normalized spacial score (nSPS) is 10.7. The summed E-state index contributed by atoms with van der Waals surface area (Å²) in [7, 11) is -4.03. The molecule has 0 saturated carbocycles. The van der Waals surface area contributed by atoms with Crippen LogP contribution in [-0.4, -0.2) is 19.4 Å². The zero-order chi connectivity index (χ0) is 15.5. The van der Waals surface area contributed by atoms with E-state index in [-0.39, 0.29) is 10.6 Å². The van der Waals surface area contributed by atoms with Crippen molar-refractivity contribution in [1.29, 1.82) is 0 Å². The van der Waals surface area contributed by atoms with Gasteiger partial charge in [-0.3, -0.25) is 10.1 Å². The Labute approximate surface area is 119 Å². The summed E-state index contributed by atoms with van der Waals surface area (Å²) in [5.41, 5.74) is -0.681. The topological polar surface area (TPSA) is 107 Å². The molecule has 0 amide bonds. The van der Waals surface area contributed by atoms with E-state index in [9.17, 15) is 23.3 Å². The lowest BCUT2D eigenvalue weighted by molar-refractivity contribution is -0.387. The lowest BCUT2D eigenvalue weighted by Gasteiger charge is -2.05. The second-order valence-electron chi connectivity index (χ2n) is 3.93. The van der Waals surface area contributed by atoms with E-state index in [1.54, 1.807) is 6.07 Å². The molecular formula is C13H8N2O5S. The first kappa shape index (κ1) is 14.6. The Morgan fingerprint density at radius 1 is 1.10 bits per heavy atom. The second kappa shape index (κ2) is 5.66. The van der Waals surface area contributed by atoms with Crippen LogP contribution in [0.1, 0.15) is 0 Å². The van der Waals surface area contributed by atoms with Crippen molar-refractivity contribution < 1.29 is 18.1 Å². The predicted molar refractivity (Wildman–Crippen MR) is 72.8 cm³/mol. The molecule has 0 N–H and O–H groups in total. The summed E-state index contributed by atoms with van der Waals surface area (Å²) < 4.78 is 24.8. The summed E-state index contributed by atoms with van der Waals surface area (Å²) in [6.45, 7) is 0. The number of benzene rings is 2. The van der Waals surface area contributed by atoms with Crippen LogP contribution in [0, 0.1) is 10.1 Å². The number of hydrogen-bond acceptors (Lipinski definition) is 6. The summed E-state index contributed by atoms with van der Waals surface area (Å²) in [5, 5.41) is 11.1. The summed E-state index contributed by atoms with van der Waals surface area (Å²) >= 11 is 0. The van der Waals surface area contributed by atoms with E-state index in [2.05, 4.69) is 4.99 Å². The summed E-state index contributed by atoms with van der Waals surface area (Å²) in [6.07, 6.45) is 1.24. The molecule has 0 aliphatic rings. The molecule has 0 heterocycles. The standard InChI is InChI=1S/C13H8N2O5S/c16-9-14-10-6-7-13(12(8-10)15(17)18)21(19,20)11-4-2-1-3-5-11/h1-8H. The first-order chi connectivity index (χ1) is 9.96. The van der Waals surface area contributed by atoms with Gasteiger partial charge in [-0.25, -0.2) is 13.2 Å². The van der Waals surface area contributed by atoms with Crippen molar-refractivity contribution in [3.63, 3.8) is 0 Å². The molecule has 0 fully saturated rings. The van der Waals surface area contributed by atoms with Gasteiger partial charge in [-0.05, 0) is 24.3 Å². The van der Waals surface area contributed by atoms with Crippen molar-refractivity contribution in [2.45, 2.75) is 9.79 Å². The monoisotopic (exact) mass is 304 g/mol. The fourth-order valence-corrected chi connectivity index (χ4v) is 3.15. The molecule has 7 nitrogen and oxygen atoms in total. The van der Waals surface area contributed by atoms with Crippen LogP contribution in [0.15, 0.2) is 63.3 Å². The smallest absolute Gasteiger partial charge is 0.258 e. The highest BCUT2D eigenvalue weighted by atomic mass is 32.2. The minimum absolute atomic E-state index is 0.0382. The van der Waals surface area contributed by atoms with Crippen LogP contribution in [0.2, 0.25) is 0 Å². The largest absolute Gasteiger partial charge is 0.290 e. The van der Waals surface area contributed by atoms with Gasteiger partial charge in [-0.1, -0.05) is 18.2 Å². The number of hydrogen-bond donors (Lipinski definition) is 0. The number of rotatable bonds is 4. The van der Waals surface area contributed by atoms with Crippen LogP contribution in [0.5, 0.6) is 0 Å². The van der Waals surface area contributed by atoms with E-state index in [0.717, 1.165) is 12.1 Å². The highest BCUT2D eigenvalue weighted by Crippen LogP contribution is 2.32. The third kappa shape index (κ3) is 2.86. The van der Waals surface area contributed by atoms with Gasteiger partial charge in [-0.2, -0.15) is 4.99 Å². The number of sulfone groups is 1. The van der Waals surface area contributed by atoms with Crippen molar-refractivity contribution in [2.24, 2.45) is 4.99 Å². The molecule has 0 saturated heterocycles. The lowest BCUT2D eigenvalue weighted by atomic mass is 10.3. The molecule has 0 aromatic heterocycles. The molecule has 8 heteroatoms. The van der Waals surface area contributed by atoms with Crippen molar-refractivity contribution >= 4 is 27.3 Å². The molecule has 2 aromatic carbocycles. The number of nitro groups is 1. The molecule has 0 aliphatic carbocycles. The quantitative estimate of drug-likeness (QED) is 0.373. The Morgan fingerprint density at radius 2 is 1.76 bits per heavy atom. The van der Waals surface area contributed by atoms with Crippen LogP contribution >= 0.6 is 0 Å². The molecule has 0 spiro atoms. The molecule has 0 unspecified atom stereocenters. The van der Waals surface area contributed by atoms with Crippen LogP contribution in [0.3, 0.4) is 0 Å². The summed E-state index contributed by atoms with van der Waals surface area (Å²) in [4.78, 5) is 23.1. The van der Waals surface area contributed by atoms with Gasteiger partial charge >= 0.3 is 0 Å². The predicted octanol–water partition coefficient (Wildman–Crippen LogP) is 2.39. The average Bonchev–Trinajstić information content (AvgIpc) is 2.48. The minimum Gasteiger partial charge on any atom is -0.258 e. The van der Waals surface area contributed by atoms with Crippen LogP contribution in [-0.2, 0) is 14.6 Å². The fraction of sp³-hybridized carbons (Fsp3) is 0. The Balaban J connectivity index is 2.69. The van der Waals surface area contributed by atoms with Crippen LogP contribution < -0.4 is 0 Å². The molecule has 0 bridgehead atoms. The van der Waals surface area contributed by atoms with Crippen LogP contribution in [0.25, 0.3) is 0 Å². The SMILES string of the molecule is O=C=Nc1ccc(S(=O)(=O)c2ccccc2)c([N+](=O)[O-])c1. The van der Waals surface area contributed by atoms with Crippen molar-refractivity contribution in [3.8, 4) is 0 Å². The van der Waals surface area contributed by atoms with Gasteiger partial charge in [-0.15, -0.1) is 0 Å². The maximum absolute atomic E-state index is 12.4. The first-order valence-electron chi connectivity index (χ1n) is 5.63.